The lowest BCUT2D eigenvalue weighted by molar-refractivity contribution is -0.119. The van der Waals surface area contributed by atoms with E-state index in [0.717, 1.165) is 34.5 Å². The van der Waals surface area contributed by atoms with Crippen molar-refractivity contribution in [2.75, 3.05) is 23.7 Å². The Hall–Kier alpha value is -2.34. The second-order valence-electron chi connectivity index (χ2n) is 6.55. The first kappa shape index (κ1) is 20.0. The lowest BCUT2D eigenvalue weighted by Gasteiger charge is -2.22. The number of carbonyl (C=O) groups excluding carboxylic acids is 1. The largest absolute Gasteiger partial charge is 0.355 e. The summed E-state index contributed by atoms with van der Waals surface area (Å²) in [4.78, 5) is 12.2. The lowest BCUT2D eigenvalue weighted by atomic mass is 10.1. The molecule has 0 saturated heterocycles. The predicted octanol–water partition coefficient (Wildman–Crippen LogP) is 2.82. The predicted molar refractivity (Wildman–Crippen MR) is 106 cm³/mol. The molecule has 140 valence electrons. The fraction of sp³-hybridized carbons (Fsp3) is 0.350. The van der Waals surface area contributed by atoms with Crippen LogP contribution < -0.4 is 9.62 Å². The molecule has 0 saturated carbocycles. The van der Waals surface area contributed by atoms with Crippen LogP contribution in [-0.4, -0.2) is 33.7 Å². The van der Waals surface area contributed by atoms with E-state index in [4.69, 9.17) is 0 Å². The first-order chi connectivity index (χ1) is 12.3. The average molecular weight is 375 g/mol. The van der Waals surface area contributed by atoms with Gasteiger partial charge in [-0.1, -0.05) is 36.4 Å². The van der Waals surface area contributed by atoms with E-state index >= 15 is 0 Å². The lowest BCUT2D eigenvalue weighted by Crippen LogP contribution is -2.40. The van der Waals surface area contributed by atoms with Crippen molar-refractivity contribution in [1.29, 1.82) is 0 Å². The third kappa shape index (κ3) is 6.19. The number of hydrogen-bond donors (Lipinski definition) is 1. The average Bonchev–Trinajstić information content (AvgIpc) is 2.55. The van der Waals surface area contributed by atoms with Crippen molar-refractivity contribution >= 4 is 21.6 Å². The zero-order chi connectivity index (χ0) is 19.2. The molecule has 1 N–H and O–H groups in total. The molecule has 0 aliphatic rings. The van der Waals surface area contributed by atoms with Gasteiger partial charge in [-0.15, -0.1) is 0 Å². The minimum Gasteiger partial charge on any atom is -0.355 e. The Labute approximate surface area is 156 Å². The van der Waals surface area contributed by atoms with Gasteiger partial charge in [0.05, 0.1) is 11.9 Å². The number of aryl methyl sites for hydroxylation is 3. The van der Waals surface area contributed by atoms with Gasteiger partial charge >= 0.3 is 0 Å². The Morgan fingerprint density at radius 1 is 1.04 bits per heavy atom. The van der Waals surface area contributed by atoms with Crippen LogP contribution in [0.2, 0.25) is 0 Å². The van der Waals surface area contributed by atoms with Gasteiger partial charge in [-0.3, -0.25) is 9.10 Å². The number of benzene rings is 2. The SMILES string of the molecule is Cc1cc(C)cc(N(CC(=O)NCCCc2ccccc2)S(C)(=O)=O)c1. The molecule has 0 spiro atoms. The van der Waals surface area contributed by atoms with Gasteiger partial charge in [0, 0.05) is 6.54 Å². The van der Waals surface area contributed by atoms with Crippen LogP contribution in [0.4, 0.5) is 5.69 Å². The Bertz CT molecular complexity index is 828. The highest BCUT2D eigenvalue weighted by Crippen LogP contribution is 2.21. The van der Waals surface area contributed by atoms with E-state index in [2.05, 4.69) is 5.32 Å². The van der Waals surface area contributed by atoms with Crippen molar-refractivity contribution in [3.63, 3.8) is 0 Å². The van der Waals surface area contributed by atoms with Crippen molar-refractivity contribution < 1.29 is 13.2 Å². The van der Waals surface area contributed by atoms with Gasteiger partial charge in [-0.2, -0.15) is 0 Å². The molecule has 0 fully saturated rings. The molecule has 6 heteroatoms. The van der Waals surface area contributed by atoms with E-state index in [0.29, 0.717) is 12.2 Å². The molecular formula is C20H26N2O3S. The number of amides is 1. The number of carbonyl (C=O) groups is 1. The van der Waals surface area contributed by atoms with Crippen LogP contribution in [0.15, 0.2) is 48.5 Å². The summed E-state index contributed by atoms with van der Waals surface area (Å²) in [5.74, 6) is -0.303. The first-order valence-electron chi connectivity index (χ1n) is 8.62. The molecule has 2 aromatic rings. The van der Waals surface area contributed by atoms with Crippen molar-refractivity contribution in [2.24, 2.45) is 0 Å². The van der Waals surface area contributed by atoms with Crippen LogP contribution in [0.1, 0.15) is 23.1 Å². The van der Waals surface area contributed by atoms with Crippen molar-refractivity contribution in [3.8, 4) is 0 Å². The first-order valence-corrected chi connectivity index (χ1v) is 10.5. The normalized spacial score (nSPS) is 11.2. The third-order valence-electron chi connectivity index (χ3n) is 3.99. The number of anilines is 1. The molecule has 0 bridgehead atoms. The maximum atomic E-state index is 12.2. The molecular weight excluding hydrogens is 348 g/mol. The van der Waals surface area contributed by atoms with Gasteiger partial charge in [0.25, 0.3) is 0 Å². The molecule has 2 aromatic carbocycles. The molecule has 2 rings (SSSR count). The van der Waals surface area contributed by atoms with Crippen molar-refractivity contribution in [3.05, 3.63) is 65.2 Å². The zero-order valence-electron chi connectivity index (χ0n) is 15.5. The molecule has 0 aliphatic heterocycles. The molecule has 5 nitrogen and oxygen atoms in total. The summed E-state index contributed by atoms with van der Waals surface area (Å²) in [5.41, 5.74) is 3.65. The van der Waals surface area contributed by atoms with Crippen molar-refractivity contribution in [2.45, 2.75) is 26.7 Å². The highest BCUT2D eigenvalue weighted by molar-refractivity contribution is 7.92. The number of sulfonamides is 1. The van der Waals surface area contributed by atoms with Gasteiger partial charge in [0.1, 0.15) is 6.54 Å². The van der Waals surface area contributed by atoms with E-state index in [1.165, 1.54) is 5.56 Å². The molecule has 0 atom stereocenters. The minimum absolute atomic E-state index is 0.215. The van der Waals surface area contributed by atoms with Crippen molar-refractivity contribution in [1.82, 2.24) is 5.32 Å². The Morgan fingerprint density at radius 2 is 1.65 bits per heavy atom. The van der Waals surface area contributed by atoms with E-state index in [9.17, 15) is 13.2 Å². The van der Waals surface area contributed by atoms with E-state index < -0.39 is 10.0 Å². The smallest absolute Gasteiger partial charge is 0.240 e. The van der Waals surface area contributed by atoms with E-state index in [-0.39, 0.29) is 12.5 Å². The third-order valence-corrected chi connectivity index (χ3v) is 5.13. The maximum Gasteiger partial charge on any atom is 0.240 e. The number of nitrogens with zero attached hydrogens (tertiary/aromatic N) is 1. The summed E-state index contributed by atoms with van der Waals surface area (Å²) in [7, 11) is -3.55. The Balaban J connectivity index is 1.94. The topological polar surface area (TPSA) is 66.5 Å². The van der Waals surface area contributed by atoms with Gasteiger partial charge in [0.15, 0.2) is 0 Å². The van der Waals surface area contributed by atoms with E-state index in [1.807, 2.05) is 50.2 Å². The fourth-order valence-electron chi connectivity index (χ4n) is 2.85. The molecule has 0 radical (unpaired) electrons. The van der Waals surface area contributed by atoms with Crippen LogP contribution in [0, 0.1) is 13.8 Å². The molecule has 1 amide bonds. The standard InChI is InChI=1S/C20H26N2O3S/c1-16-12-17(2)14-19(13-16)22(26(3,24)25)15-20(23)21-11-7-10-18-8-5-4-6-9-18/h4-6,8-9,12-14H,7,10-11,15H2,1-3H3,(H,21,23). The molecule has 0 heterocycles. The highest BCUT2D eigenvalue weighted by atomic mass is 32.2. The number of rotatable bonds is 8. The fourth-order valence-corrected chi connectivity index (χ4v) is 3.69. The number of nitrogens with one attached hydrogen (secondary N) is 1. The zero-order valence-corrected chi connectivity index (χ0v) is 16.3. The van der Waals surface area contributed by atoms with Crippen LogP contribution >= 0.6 is 0 Å². The molecule has 0 unspecified atom stereocenters. The van der Waals surface area contributed by atoms with Gasteiger partial charge in [0.2, 0.25) is 15.9 Å². The summed E-state index contributed by atoms with van der Waals surface area (Å²) < 4.78 is 25.5. The second kappa shape index (κ2) is 8.85. The quantitative estimate of drug-likeness (QED) is 0.723. The molecule has 0 aromatic heterocycles. The molecule has 26 heavy (non-hydrogen) atoms. The van der Waals surface area contributed by atoms with Gasteiger partial charge in [-0.05, 0) is 55.5 Å². The monoisotopic (exact) mass is 374 g/mol. The summed E-state index contributed by atoms with van der Waals surface area (Å²) >= 11 is 0. The van der Waals surface area contributed by atoms with Crippen LogP contribution in [-0.2, 0) is 21.2 Å². The summed E-state index contributed by atoms with van der Waals surface area (Å²) in [6.45, 7) is 4.10. The molecule has 0 aliphatic carbocycles. The minimum atomic E-state index is -3.55. The second-order valence-corrected chi connectivity index (χ2v) is 8.46. The Kier molecular flexibility index (Phi) is 6.80. The van der Waals surface area contributed by atoms with E-state index in [1.54, 1.807) is 12.1 Å². The van der Waals surface area contributed by atoms with Gasteiger partial charge < -0.3 is 5.32 Å². The van der Waals surface area contributed by atoms with Crippen LogP contribution in [0.3, 0.4) is 0 Å². The number of hydrogen-bond acceptors (Lipinski definition) is 3. The highest BCUT2D eigenvalue weighted by Gasteiger charge is 2.21. The summed E-state index contributed by atoms with van der Waals surface area (Å²) in [6, 6.07) is 15.6. The summed E-state index contributed by atoms with van der Waals surface area (Å²) in [6.07, 6.45) is 2.79. The maximum absolute atomic E-state index is 12.2. The van der Waals surface area contributed by atoms with Crippen LogP contribution in [0.25, 0.3) is 0 Å². The van der Waals surface area contributed by atoms with Gasteiger partial charge in [-0.25, -0.2) is 8.42 Å². The summed E-state index contributed by atoms with van der Waals surface area (Å²) in [5, 5.41) is 2.81. The Morgan fingerprint density at radius 3 is 2.23 bits per heavy atom. The van der Waals surface area contributed by atoms with Crippen LogP contribution in [0.5, 0.6) is 0 Å².